The van der Waals surface area contributed by atoms with E-state index in [2.05, 4.69) is 11.9 Å². The molecule has 0 radical (unpaired) electrons. The predicted molar refractivity (Wildman–Crippen MR) is 60.4 cm³/mol. The first-order valence-electron chi connectivity index (χ1n) is 4.66. The Labute approximate surface area is 101 Å². The number of amides is 1. The zero-order valence-corrected chi connectivity index (χ0v) is 9.57. The summed E-state index contributed by atoms with van der Waals surface area (Å²) >= 11 is -0.190. The molecule has 0 saturated heterocycles. The molecule has 0 fully saturated rings. The molecule has 0 bridgehead atoms. The summed E-state index contributed by atoms with van der Waals surface area (Å²) in [6.45, 7) is 3.30. The fraction of sp³-hybridized carbons (Fsp3) is 0.182. The van der Waals surface area contributed by atoms with Crippen molar-refractivity contribution in [2.24, 2.45) is 0 Å². The number of rotatable bonds is 4. The van der Waals surface area contributed by atoms with E-state index in [0.29, 0.717) is 5.56 Å². The van der Waals surface area contributed by atoms with Gasteiger partial charge in [0.15, 0.2) is 0 Å². The van der Waals surface area contributed by atoms with Crippen LogP contribution in [-0.4, -0.2) is 11.4 Å². The smallest absolute Gasteiger partial charge is 0.348 e. The quantitative estimate of drug-likeness (QED) is 0.666. The second kappa shape index (κ2) is 5.77. The maximum atomic E-state index is 12.2. The summed E-state index contributed by atoms with van der Waals surface area (Å²) in [4.78, 5) is 11.0. The SMILES string of the molecule is C=CC(=O)NCc1ccccc1SC(F)(F)F. The molecule has 1 aromatic rings. The summed E-state index contributed by atoms with van der Waals surface area (Å²) in [6, 6.07) is 6.05. The lowest BCUT2D eigenvalue weighted by Gasteiger charge is -2.11. The van der Waals surface area contributed by atoms with E-state index in [9.17, 15) is 18.0 Å². The molecule has 0 aromatic heterocycles. The third-order valence-corrected chi connectivity index (χ3v) is 2.69. The Kier molecular flexibility index (Phi) is 4.62. The summed E-state index contributed by atoms with van der Waals surface area (Å²) in [6.07, 6.45) is 1.07. The molecular weight excluding hydrogens is 251 g/mol. The van der Waals surface area contributed by atoms with Crippen LogP contribution in [0.1, 0.15) is 5.56 Å². The molecule has 0 saturated carbocycles. The molecule has 0 aliphatic rings. The molecule has 17 heavy (non-hydrogen) atoms. The van der Waals surface area contributed by atoms with Crippen LogP contribution in [0.3, 0.4) is 0 Å². The number of carbonyl (C=O) groups is 1. The molecule has 0 aliphatic heterocycles. The standard InChI is InChI=1S/C11H10F3NOS/c1-2-10(16)15-7-8-5-3-4-6-9(8)17-11(12,13)14/h2-6H,1,7H2,(H,15,16). The molecule has 1 aromatic carbocycles. The van der Waals surface area contributed by atoms with Gasteiger partial charge in [-0.05, 0) is 29.5 Å². The molecule has 0 spiro atoms. The number of alkyl halides is 3. The van der Waals surface area contributed by atoms with Gasteiger partial charge in [-0.25, -0.2) is 0 Å². The highest BCUT2D eigenvalue weighted by atomic mass is 32.2. The number of carbonyl (C=O) groups excluding carboxylic acids is 1. The summed E-state index contributed by atoms with van der Waals surface area (Å²) in [5.74, 6) is -0.420. The Morgan fingerprint density at radius 1 is 1.41 bits per heavy atom. The van der Waals surface area contributed by atoms with Gasteiger partial charge < -0.3 is 5.32 Å². The highest BCUT2D eigenvalue weighted by Gasteiger charge is 2.30. The first-order chi connectivity index (χ1) is 7.92. The van der Waals surface area contributed by atoms with Crippen molar-refractivity contribution < 1.29 is 18.0 Å². The number of hydrogen-bond donors (Lipinski definition) is 1. The minimum atomic E-state index is -4.33. The second-order valence-corrected chi connectivity index (χ2v) is 4.18. The fourth-order valence-corrected chi connectivity index (χ4v) is 1.80. The van der Waals surface area contributed by atoms with E-state index < -0.39 is 11.4 Å². The Morgan fingerprint density at radius 3 is 2.65 bits per heavy atom. The fourth-order valence-electron chi connectivity index (χ4n) is 1.13. The van der Waals surface area contributed by atoms with Crippen molar-refractivity contribution in [1.29, 1.82) is 0 Å². The molecule has 2 nitrogen and oxygen atoms in total. The number of nitrogens with one attached hydrogen (secondary N) is 1. The van der Waals surface area contributed by atoms with Crippen LogP contribution < -0.4 is 5.32 Å². The molecule has 6 heteroatoms. The first kappa shape index (κ1) is 13.6. The molecule has 1 amide bonds. The minimum Gasteiger partial charge on any atom is -0.348 e. The van der Waals surface area contributed by atoms with Crippen LogP contribution in [0.4, 0.5) is 13.2 Å². The third-order valence-electron chi connectivity index (χ3n) is 1.84. The Bertz CT molecular complexity index is 417. The van der Waals surface area contributed by atoms with Crippen molar-refractivity contribution in [3.05, 3.63) is 42.5 Å². The maximum Gasteiger partial charge on any atom is 0.446 e. The zero-order chi connectivity index (χ0) is 12.9. The van der Waals surface area contributed by atoms with E-state index in [4.69, 9.17) is 0 Å². The van der Waals surface area contributed by atoms with Crippen LogP contribution in [0, 0.1) is 0 Å². The summed E-state index contributed by atoms with van der Waals surface area (Å²) < 4.78 is 36.7. The number of halogens is 3. The van der Waals surface area contributed by atoms with Gasteiger partial charge in [-0.2, -0.15) is 13.2 Å². The Hall–Kier alpha value is -1.43. The largest absolute Gasteiger partial charge is 0.446 e. The van der Waals surface area contributed by atoms with E-state index in [0.717, 1.165) is 6.08 Å². The van der Waals surface area contributed by atoms with Crippen molar-refractivity contribution >= 4 is 17.7 Å². The van der Waals surface area contributed by atoms with Crippen LogP contribution >= 0.6 is 11.8 Å². The van der Waals surface area contributed by atoms with Gasteiger partial charge >= 0.3 is 5.51 Å². The summed E-state index contributed by atoms with van der Waals surface area (Å²) in [5, 5.41) is 2.44. The van der Waals surface area contributed by atoms with E-state index in [1.807, 2.05) is 0 Å². The zero-order valence-electron chi connectivity index (χ0n) is 8.75. The van der Waals surface area contributed by atoms with Crippen molar-refractivity contribution in [2.45, 2.75) is 16.9 Å². The monoisotopic (exact) mass is 261 g/mol. The van der Waals surface area contributed by atoms with Crippen LogP contribution in [0.5, 0.6) is 0 Å². The summed E-state index contributed by atoms with van der Waals surface area (Å²) in [5.41, 5.74) is -3.91. The van der Waals surface area contributed by atoms with E-state index in [1.54, 1.807) is 6.07 Å². The van der Waals surface area contributed by atoms with Crippen molar-refractivity contribution in [3.8, 4) is 0 Å². The van der Waals surface area contributed by atoms with Gasteiger partial charge in [0, 0.05) is 11.4 Å². The van der Waals surface area contributed by atoms with Gasteiger partial charge in [-0.15, -0.1) is 0 Å². The van der Waals surface area contributed by atoms with Crippen molar-refractivity contribution in [1.82, 2.24) is 5.32 Å². The van der Waals surface area contributed by atoms with Crippen molar-refractivity contribution in [3.63, 3.8) is 0 Å². The molecule has 0 aliphatic carbocycles. The van der Waals surface area contributed by atoms with Gasteiger partial charge in [0.05, 0.1) is 0 Å². The minimum absolute atomic E-state index is 0.0457. The second-order valence-electron chi connectivity index (χ2n) is 3.08. The van der Waals surface area contributed by atoms with Gasteiger partial charge in [0.25, 0.3) is 0 Å². The van der Waals surface area contributed by atoms with E-state index in [1.165, 1.54) is 18.2 Å². The Balaban J connectivity index is 2.77. The third kappa shape index (κ3) is 4.95. The first-order valence-corrected chi connectivity index (χ1v) is 5.48. The lowest BCUT2D eigenvalue weighted by Crippen LogP contribution is -2.20. The average molecular weight is 261 g/mol. The summed E-state index contributed by atoms with van der Waals surface area (Å²) in [7, 11) is 0. The molecule has 92 valence electrons. The van der Waals surface area contributed by atoms with Gasteiger partial charge in [-0.1, -0.05) is 24.8 Å². The van der Waals surface area contributed by atoms with Crippen LogP contribution in [-0.2, 0) is 11.3 Å². The van der Waals surface area contributed by atoms with Crippen LogP contribution in [0.25, 0.3) is 0 Å². The van der Waals surface area contributed by atoms with Gasteiger partial charge in [-0.3, -0.25) is 4.79 Å². The normalized spacial score (nSPS) is 11.0. The molecule has 1 rings (SSSR count). The highest BCUT2D eigenvalue weighted by molar-refractivity contribution is 8.00. The van der Waals surface area contributed by atoms with Crippen LogP contribution in [0.2, 0.25) is 0 Å². The average Bonchev–Trinajstić information content (AvgIpc) is 2.25. The molecule has 0 atom stereocenters. The van der Waals surface area contributed by atoms with Crippen molar-refractivity contribution in [2.75, 3.05) is 0 Å². The van der Waals surface area contributed by atoms with Crippen LogP contribution in [0.15, 0.2) is 41.8 Å². The molecule has 0 heterocycles. The van der Waals surface area contributed by atoms with E-state index in [-0.39, 0.29) is 23.2 Å². The molecule has 0 unspecified atom stereocenters. The van der Waals surface area contributed by atoms with E-state index >= 15 is 0 Å². The Morgan fingerprint density at radius 2 is 2.06 bits per heavy atom. The maximum absolute atomic E-state index is 12.2. The number of benzene rings is 1. The van der Waals surface area contributed by atoms with Gasteiger partial charge in [0.2, 0.25) is 5.91 Å². The molecular formula is C11H10F3NOS. The lowest BCUT2D eigenvalue weighted by atomic mass is 10.2. The number of hydrogen-bond acceptors (Lipinski definition) is 2. The molecule has 1 N–H and O–H groups in total. The lowest BCUT2D eigenvalue weighted by molar-refractivity contribution is -0.116. The highest BCUT2D eigenvalue weighted by Crippen LogP contribution is 2.38. The topological polar surface area (TPSA) is 29.1 Å². The van der Waals surface area contributed by atoms with Gasteiger partial charge in [0.1, 0.15) is 0 Å². The number of thioether (sulfide) groups is 1. The predicted octanol–water partition coefficient (Wildman–Crippen LogP) is 3.10.